The van der Waals surface area contributed by atoms with E-state index in [2.05, 4.69) is 10.2 Å². The maximum absolute atomic E-state index is 11.4. The Morgan fingerprint density at radius 2 is 2.12 bits per heavy atom. The van der Waals surface area contributed by atoms with Crippen LogP contribution in [0.15, 0.2) is 4.42 Å². The van der Waals surface area contributed by atoms with Gasteiger partial charge in [-0.1, -0.05) is 6.92 Å². The maximum atomic E-state index is 11.4. The molecule has 17 heavy (non-hydrogen) atoms. The molecule has 7 heteroatoms. The molecule has 1 aromatic heterocycles. The number of hydrogen-bond donors (Lipinski definition) is 0. The normalized spacial score (nSPS) is 23.4. The number of nitrogens with zero attached hydrogens (tertiary/aromatic N) is 3. The van der Waals surface area contributed by atoms with E-state index >= 15 is 0 Å². The minimum Gasteiger partial charge on any atom is -0.424 e. The molecule has 0 bridgehead atoms. The lowest BCUT2D eigenvalue weighted by atomic mass is 10.2. The molecule has 0 saturated carbocycles. The molecule has 2 rings (SSSR count). The molecule has 1 aliphatic heterocycles. The molecule has 1 fully saturated rings. The van der Waals surface area contributed by atoms with Crippen LogP contribution in [0.25, 0.3) is 0 Å². The van der Waals surface area contributed by atoms with E-state index in [1.807, 2.05) is 18.9 Å². The minimum absolute atomic E-state index is 0.0666. The van der Waals surface area contributed by atoms with Gasteiger partial charge in [-0.2, -0.15) is 0 Å². The van der Waals surface area contributed by atoms with E-state index in [0.29, 0.717) is 31.2 Å². The summed E-state index contributed by atoms with van der Waals surface area (Å²) in [5.74, 6) is 1.69. The molecule has 1 unspecified atom stereocenters. The predicted octanol–water partition coefficient (Wildman–Crippen LogP) is 0.251. The molecule has 0 N–H and O–H groups in total. The van der Waals surface area contributed by atoms with Crippen molar-refractivity contribution in [2.45, 2.75) is 32.4 Å². The zero-order chi connectivity index (χ0) is 12.5. The second-order valence-electron chi connectivity index (χ2n) is 4.42. The first-order valence-electron chi connectivity index (χ1n) is 5.72. The lowest BCUT2D eigenvalue weighted by Crippen LogP contribution is -2.32. The van der Waals surface area contributed by atoms with Crippen molar-refractivity contribution in [2.24, 2.45) is 0 Å². The van der Waals surface area contributed by atoms with Crippen molar-refractivity contribution >= 4 is 9.84 Å². The van der Waals surface area contributed by atoms with Crippen LogP contribution in [0.5, 0.6) is 0 Å². The van der Waals surface area contributed by atoms with Crippen molar-refractivity contribution in [1.82, 2.24) is 15.1 Å². The summed E-state index contributed by atoms with van der Waals surface area (Å²) in [5.41, 5.74) is 0. The van der Waals surface area contributed by atoms with E-state index in [4.69, 9.17) is 4.42 Å². The smallest absolute Gasteiger partial charge is 0.230 e. The zero-order valence-electron chi connectivity index (χ0n) is 10.1. The van der Waals surface area contributed by atoms with E-state index in [-0.39, 0.29) is 17.5 Å². The van der Waals surface area contributed by atoms with Crippen LogP contribution in [0.4, 0.5) is 0 Å². The molecular formula is C10H17N3O3S. The van der Waals surface area contributed by atoms with E-state index in [1.165, 1.54) is 0 Å². The standard InChI is InChI=1S/C10H17N3O3S/c1-3-9-11-12-10(16-9)6-13(2)8-4-5-17(14,15)7-8/h8H,3-7H2,1-2H3. The van der Waals surface area contributed by atoms with Crippen LogP contribution in [0.3, 0.4) is 0 Å². The summed E-state index contributed by atoms with van der Waals surface area (Å²) in [6.45, 7) is 2.46. The third-order valence-electron chi connectivity index (χ3n) is 3.03. The molecule has 1 aliphatic rings. The third-order valence-corrected chi connectivity index (χ3v) is 4.78. The molecule has 2 heterocycles. The van der Waals surface area contributed by atoms with Gasteiger partial charge in [-0.15, -0.1) is 10.2 Å². The number of aryl methyl sites for hydroxylation is 1. The summed E-state index contributed by atoms with van der Waals surface area (Å²) in [6, 6.07) is 0.0666. The van der Waals surface area contributed by atoms with Gasteiger partial charge in [0.25, 0.3) is 0 Å². The summed E-state index contributed by atoms with van der Waals surface area (Å²) < 4.78 is 28.1. The number of hydrogen-bond acceptors (Lipinski definition) is 6. The number of rotatable bonds is 4. The number of aromatic nitrogens is 2. The van der Waals surface area contributed by atoms with Crippen molar-refractivity contribution < 1.29 is 12.8 Å². The van der Waals surface area contributed by atoms with Crippen molar-refractivity contribution in [2.75, 3.05) is 18.6 Å². The monoisotopic (exact) mass is 259 g/mol. The number of sulfone groups is 1. The summed E-state index contributed by atoms with van der Waals surface area (Å²) in [4.78, 5) is 1.97. The Balaban J connectivity index is 1.95. The van der Waals surface area contributed by atoms with Crippen molar-refractivity contribution in [1.29, 1.82) is 0 Å². The fraction of sp³-hybridized carbons (Fsp3) is 0.800. The lowest BCUT2D eigenvalue weighted by molar-refractivity contribution is 0.227. The van der Waals surface area contributed by atoms with Gasteiger partial charge in [-0.25, -0.2) is 8.42 Å². The summed E-state index contributed by atoms with van der Waals surface area (Å²) >= 11 is 0. The van der Waals surface area contributed by atoms with E-state index in [0.717, 1.165) is 0 Å². The Bertz CT molecular complexity index is 483. The van der Waals surface area contributed by atoms with E-state index in [1.54, 1.807) is 0 Å². The van der Waals surface area contributed by atoms with Crippen molar-refractivity contribution in [3.63, 3.8) is 0 Å². The van der Waals surface area contributed by atoms with Gasteiger partial charge in [-0.05, 0) is 13.5 Å². The largest absolute Gasteiger partial charge is 0.424 e. The average molecular weight is 259 g/mol. The molecule has 6 nitrogen and oxygen atoms in total. The Morgan fingerprint density at radius 3 is 2.65 bits per heavy atom. The van der Waals surface area contributed by atoms with Crippen molar-refractivity contribution in [3.8, 4) is 0 Å². The summed E-state index contributed by atoms with van der Waals surface area (Å²) in [6.07, 6.45) is 1.40. The van der Waals surface area contributed by atoms with Gasteiger partial charge in [0.15, 0.2) is 9.84 Å². The Hall–Kier alpha value is -0.950. The minimum atomic E-state index is -2.84. The lowest BCUT2D eigenvalue weighted by Gasteiger charge is -2.20. The maximum Gasteiger partial charge on any atom is 0.230 e. The van der Waals surface area contributed by atoms with Gasteiger partial charge in [0.1, 0.15) is 0 Å². The average Bonchev–Trinajstić information content (AvgIpc) is 2.84. The molecule has 96 valence electrons. The van der Waals surface area contributed by atoms with Crippen LogP contribution < -0.4 is 0 Å². The highest BCUT2D eigenvalue weighted by atomic mass is 32.2. The first kappa shape index (κ1) is 12.5. The quantitative estimate of drug-likeness (QED) is 0.771. The Labute approximate surface area is 101 Å². The zero-order valence-corrected chi connectivity index (χ0v) is 10.9. The van der Waals surface area contributed by atoms with Gasteiger partial charge in [0.2, 0.25) is 11.8 Å². The van der Waals surface area contributed by atoms with Crippen LogP contribution in [0, 0.1) is 0 Å². The first-order chi connectivity index (χ1) is 8.00. The van der Waals surface area contributed by atoms with E-state index in [9.17, 15) is 8.42 Å². The van der Waals surface area contributed by atoms with Gasteiger partial charge in [0.05, 0.1) is 18.1 Å². The van der Waals surface area contributed by atoms with Crippen molar-refractivity contribution in [3.05, 3.63) is 11.8 Å². The molecule has 1 saturated heterocycles. The molecule has 0 amide bonds. The highest BCUT2D eigenvalue weighted by molar-refractivity contribution is 7.91. The van der Waals surface area contributed by atoms with Crippen LogP contribution in [0.2, 0.25) is 0 Å². The molecule has 0 aromatic carbocycles. The second-order valence-corrected chi connectivity index (χ2v) is 6.64. The van der Waals surface area contributed by atoms with E-state index < -0.39 is 9.84 Å². The molecule has 0 radical (unpaired) electrons. The van der Waals surface area contributed by atoms with Gasteiger partial charge in [0, 0.05) is 12.5 Å². The SMILES string of the molecule is CCc1nnc(CN(C)C2CCS(=O)(=O)C2)o1. The first-order valence-corrected chi connectivity index (χ1v) is 7.54. The Morgan fingerprint density at radius 1 is 1.41 bits per heavy atom. The molecule has 0 aliphatic carbocycles. The fourth-order valence-electron chi connectivity index (χ4n) is 1.96. The van der Waals surface area contributed by atoms with Crippen LogP contribution >= 0.6 is 0 Å². The molecule has 1 atom stereocenters. The molecular weight excluding hydrogens is 242 g/mol. The van der Waals surface area contributed by atoms with Crippen LogP contribution in [0.1, 0.15) is 25.1 Å². The topological polar surface area (TPSA) is 76.3 Å². The second kappa shape index (κ2) is 4.73. The van der Waals surface area contributed by atoms with Gasteiger partial charge >= 0.3 is 0 Å². The predicted molar refractivity (Wildman–Crippen MR) is 62.2 cm³/mol. The molecule has 0 spiro atoms. The van der Waals surface area contributed by atoms with Crippen LogP contribution in [-0.4, -0.2) is 48.1 Å². The van der Waals surface area contributed by atoms with Gasteiger partial charge in [-0.3, -0.25) is 4.90 Å². The van der Waals surface area contributed by atoms with Gasteiger partial charge < -0.3 is 4.42 Å². The highest BCUT2D eigenvalue weighted by Crippen LogP contribution is 2.18. The highest BCUT2D eigenvalue weighted by Gasteiger charge is 2.31. The summed E-state index contributed by atoms with van der Waals surface area (Å²) in [5, 5.41) is 7.81. The van der Waals surface area contributed by atoms with Crippen LogP contribution in [-0.2, 0) is 22.8 Å². The Kier molecular flexibility index (Phi) is 3.48. The fourth-order valence-corrected chi connectivity index (χ4v) is 3.77. The summed E-state index contributed by atoms with van der Waals surface area (Å²) in [7, 11) is -0.950. The molecule has 1 aromatic rings. The third kappa shape index (κ3) is 3.04.